The highest BCUT2D eigenvalue weighted by Crippen LogP contribution is 2.27. The lowest BCUT2D eigenvalue weighted by Gasteiger charge is -2.20. The molecule has 1 amide bonds. The van der Waals surface area contributed by atoms with Crippen LogP contribution < -0.4 is 10.1 Å². The Bertz CT molecular complexity index is 846. The van der Waals surface area contributed by atoms with Crippen molar-refractivity contribution in [2.24, 2.45) is 0 Å². The normalized spacial score (nSPS) is 16.8. The monoisotopic (exact) mass is 437 g/mol. The molecule has 1 atom stereocenters. The summed E-state index contributed by atoms with van der Waals surface area (Å²) in [4.78, 5) is 21.2. The molecule has 1 aliphatic rings. The van der Waals surface area contributed by atoms with Crippen molar-refractivity contribution in [3.63, 3.8) is 0 Å². The van der Waals surface area contributed by atoms with Gasteiger partial charge in [-0.3, -0.25) is 14.6 Å². The van der Waals surface area contributed by atoms with E-state index in [1.165, 1.54) is 0 Å². The number of amides is 1. The van der Waals surface area contributed by atoms with E-state index < -0.39 is 0 Å². The van der Waals surface area contributed by atoms with Gasteiger partial charge in [-0.1, -0.05) is 16.8 Å². The summed E-state index contributed by atoms with van der Waals surface area (Å²) >= 11 is 6.12. The average Bonchev–Trinajstić information content (AvgIpc) is 3.08. The van der Waals surface area contributed by atoms with Crippen LogP contribution in [0.15, 0.2) is 22.7 Å². The number of anilines is 1. The highest BCUT2D eigenvalue weighted by atomic mass is 35.5. The molecule has 2 aromatic rings. The van der Waals surface area contributed by atoms with Crippen LogP contribution in [0, 0.1) is 0 Å². The van der Waals surface area contributed by atoms with Crippen molar-refractivity contribution in [3.8, 4) is 5.75 Å². The van der Waals surface area contributed by atoms with Crippen LogP contribution in [0.5, 0.6) is 5.75 Å². The third-order valence-corrected chi connectivity index (χ3v) is 5.34. The van der Waals surface area contributed by atoms with Crippen molar-refractivity contribution >= 4 is 23.2 Å². The van der Waals surface area contributed by atoms with Crippen molar-refractivity contribution in [3.05, 3.63) is 34.9 Å². The van der Waals surface area contributed by atoms with Gasteiger partial charge in [0, 0.05) is 25.9 Å². The zero-order chi connectivity index (χ0) is 21.5. The van der Waals surface area contributed by atoms with Crippen LogP contribution in [0.25, 0.3) is 0 Å². The van der Waals surface area contributed by atoms with Gasteiger partial charge in [-0.25, -0.2) is 0 Å². The molecular formula is C20H28ClN5O4. The predicted molar refractivity (Wildman–Crippen MR) is 113 cm³/mol. The smallest absolute Gasteiger partial charge is 0.240 e. The lowest BCUT2D eigenvalue weighted by Crippen LogP contribution is -2.36. The standard InChI is InChI=1S/C20H28ClN5O4/c1-14(28-2)20-23-19(30-24-20)13-26-8-4-7-25(9-10-26)12-18(27)22-15-5-6-17(29-3)16(21)11-15/h5-6,11,14H,4,7-10,12-13H2,1-3H3,(H,22,27)/t14-/m0/s1. The first-order valence-corrected chi connectivity index (χ1v) is 10.3. The van der Waals surface area contributed by atoms with Crippen LogP contribution >= 0.6 is 11.6 Å². The summed E-state index contributed by atoms with van der Waals surface area (Å²) < 4.78 is 15.7. The number of hydrogen-bond acceptors (Lipinski definition) is 8. The molecule has 1 aliphatic heterocycles. The maximum Gasteiger partial charge on any atom is 0.240 e. The Labute approximate surface area is 181 Å². The maximum atomic E-state index is 12.4. The van der Waals surface area contributed by atoms with Gasteiger partial charge in [-0.15, -0.1) is 0 Å². The topological polar surface area (TPSA) is 93.0 Å². The first-order valence-electron chi connectivity index (χ1n) is 9.92. The van der Waals surface area contributed by atoms with Crippen LogP contribution in [-0.2, 0) is 16.1 Å². The number of aromatic nitrogens is 2. The summed E-state index contributed by atoms with van der Waals surface area (Å²) in [7, 11) is 3.17. The number of nitrogens with one attached hydrogen (secondary N) is 1. The fourth-order valence-corrected chi connectivity index (χ4v) is 3.54. The van der Waals surface area contributed by atoms with Crippen LogP contribution in [0.3, 0.4) is 0 Å². The molecule has 3 rings (SSSR count). The molecule has 0 bridgehead atoms. The largest absolute Gasteiger partial charge is 0.495 e. The molecule has 164 valence electrons. The van der Waals surface area contributed by atoms with Crippen molar-refractivity contribution in [2.75, 3.05) is 52.3 Å². The highest BCUT2D eigenvalue weighted by Gasteiger charge is 2.20. The van der Waals surface area contributed by atoms with Crippen LogP contribution in [0.1, 0.15) is 31.2 Å². The number of carbonyl (C=O) groups is 1. The highest BCUT2D eigenvalue weighted by molar-refractivity contribution is 6.32. The second-order valence-electron chi connectivity index (χ2n) is 7.23. The van der Waals surface area contributed by atoms with Crippen molar-refractivity contribution in [2.45, 2.75) is 26.0 Å². The number of ether oxygens (including phenoxy) is 2. The summed E-state index contributed by atoms with van der Waals surface area (Å²) in [5, 5.41) is 7.32. The molecular weight excluding hydrogens is 410 g/mol. The molecule has 1 fully saturated rings. The van der Waals surface area contributed by atoms with E-state index in [4.69, 9.17) is 25.6 Å². The number of nitrogens with zero attached hydrogens (tertiary/aromatic N) is 4. The molecule has 0 radical (unpaired) electrons. The molecule has 0 saturated carbocycles. The Kier molecular flexibility index (Phi) is 8.03. The van der Waals surface area contributed by atoms with Gasteiger partial charge in [0.15, 0.2) is 5.82 Å². The SMILES string of the molecule is COc1ccc(NC(=O)CN2CCCN(Cc3nc([C@H](C)OC)no3)CC2)cc1Cl. The number of benzene rings is 1. The minimum absolute atomic E-state index is 0.0696. The van der Waals surface area contributed by atoms with Crippen LogP contribution in [-0.4, -0.2) is 72.8 Å². The molecule has 1 saturated heterocycles. The van der Waals surface area contributed by atoms with E-state index in [-0.39, 0.29) is 12.0 Å². The average molecular weight is 438 g/mol. The fourth-order valence-electron chi connectivity index (χ4n) is 3.28. The third-order valence-electron chi connectivity index (χ3n) is 5.04. The number of halogens is 1. The molecule has 10 heteroatoms. The van der Waals surface area contributed by atoms with Gasteiger partial charge in [0.1, 0.15) is 11.9 Å². The van der Waals surface area contributed by atoms with E-state index in [9.17, 15) is 4.79 Å². The molecule has 0 spiro atoms. The summed E-state index contributed by atoms with van der Waals surface area (Å²) in [6, 6.07) is 5.19. The lowest BCUT2D eigenvalue weighted by atomic mass is 10.3. The summed E-state index contributed by atoms with van der Waals surface area (Å²) in [5.41, 5.74) is 0.653. The predicted octanol–water partition coefficient (Wildman–Crippen LogP) is 2.59. The second-order valence-corrected chi connectivity index (χ2v) is 7.63. The van der Waals surface area contributed by atoms with Crippen LogP contribution in [0.4, 0.5) is 5.69 Å². The maximum absolute atomic E-state index is 12.4. The van der Waals surface area contributed by atoms with E-state index in [1.54, 1.807) is 32.4 Å². The molecule has 1 aromatic heterocycles. The van der Waals surface area contributed by atoms with E-state index in [2.05, 4.69) is 25.3 Å². The summed E-state index contributed by atoms with van der Waals surface area (Å²) in [6.07, 6.45) is 0.762. The van der Waals surface area contributed by atoms with Gasteiger partial charge >= 0.3 is 0 Å². The number of hydrogen-bond donors (Lipinski definition) is 1. The quantitative estimate of drug-likeness (QED) is 0.673. The minimum Gasteiger partial charge on any atom is -0.495 e. The molecule has 1 N–H and O–H groups in total. The Balaban J connectivity index is 1.47. The minimum atomic E-state index is -0.193. The number of rotatable bonds is 8. The summed E-state index contributed by atoms with van der Waals surface area (Å²) in [6.45, 7) is 6.16. The zero-order valence-corrected chi connectivity index (χ0v) is 18.3. The Morgan fingerprint density at radius 3 is 2.77 bits per heavy atom. The number of methoxy groups -OCH3 is 2. The van der Waals surface area contributed by atoms with Gasteiger partial charge < -0.3 is 19.3 Å². The van der Waals surface area contributed by atoms with Gasteiger partial charge in [0.25, 0.3) is 0 Å². The first-order chi connectivity index (χ1) is 14.5. The van der Waals surface area contributed by atoms with Gasteiger partial charge in [0.05, 0.1) is 25.2 Å². The van der Waals surface area contributed by atoms with E-state index in [1.807, 2.05) is 6.92 Å². The Morgan fingerprint density at radius 1 is 1.27 bits per heavy atom. The summed E-state index contributed by atoms with van der Waals surface area (Å²) in [5.74, 6) is 1.64. The molecule has 9 nitrogen and oxygen atoms in total. The lowest BCUT2D eigenvalue weighted by molar-refractivity contribution is -0.117. The van der Waals surface area contributed by atoms with Crippen molar-refractivity contribution in [1.82, 2.24) is 19.9 Å². The van der Waals surface area contributed by atoms with Gasteiger partial charge in [0.2, 0.25) is 11.8 Å². The molecule has 0 unspecified atom stereocenters. The van der Waals surface area contributed by atoms with E-state index in [0.29, 0.717) is 41.3 Å². The van der Waals surface area contributed by atoms with Crippen molar-refractivity contribution < 1.29 is 18.8 Å². The molecule has 0 aliphatic carbocycles. The molecule has 30 heavy (non-hydrogen) atoms. The molecule has 2 heterocycles. The van der Waals surface area contributed by atoms with Gasteiger partial charge in [-0.05, 0) is 44.6 Å². The third kappa shape index (κ3) is 6.15. The number of carbonyl (C=O) groups excluding carboxylic acids is 1. The Morgan fingerprint density at radius 2 is 2.03 bits per heavy atom. The van der Waals surface area contributed by atoms with E-state index >= 15 is 0 Å². The first kappa shape index (κ1) is 22.5. The van der Waals surface area contributed by atoms with Gasteiger partial charge in [-0.2, -0.15) is 4.98 Å². The van der Waals surface area contributed by atoms with Crippen LogP contribution in [0.2, 0.25) is 5.02 Å². The zero-order valence-electron chi connectivity index (χ0n) is 17.6. The van der Waals surface area contributed by atoms with E-state index in [0.717, 1.165) is 32.6 Å². The Hall–Kier alpha value is -2.20. The van der Waals surface area contributed by atoms with Crippen molar-refractivity contribution in [1.29, 1.82) is 0 Å². The fraction of sp³-hybridized carbons (Fsp3) is 0.550. The second kappa shape index (κ2) is 10.7. The molecule has 1 aromatic carbocycles.